The molecule has 9 atom stereocenters. The summed E-state index contributed by atoms with van der Waals surface area (Å²) in [4.78, 5) is 0. The van der Waals surface area contributed by atoms with Crippen molar-refractivity contribution in [2.75, 3.05) is 6.61 Å². The third-order valence-corrected chi connectivity index (χ3v) is 11.5. The van der Waals surface area contributed by atoms with Gasteiger partial charge >= 0.3 is 0 Å². The summed E-state index contributed by atoms with van der Waals surface area (Å²) in [6, 6.07) is 0. The van der Waals surface area contributed by atoms with Gasteiger partial charge in [0.2, 0.25) is 0 Å². The Balaban J connectivity index is 1.26. The third-order valence-electron chi connectivity index (χ3n) is 11.5. The van der Waals surface area contributed by atoms with Crippen LogP contribution in [0.1, 0.15) is 118 Å². The Labute approximate surface area is 204 Å². The number of ether oxygens (including phenoxy) is 2. The van der Waals surface area contributed by atoms with Gasteiger partial charge in [0.1, 0.15) is 0 Å². The Morgan fingerprint density at radius 2 is 1.85 bits per heavy atom. The van der Waals surface area contributed by atoms with E-state index in [0.29, 0.717) is 16.9 Å². The average molecular weight is 457 g/mol. The molecule has 1 unspecified atom stereocenters. The van der Waals surface area contributed by atoms with Crippen molar-refractivity contribution in [3.05, 3.63) is 11.6 Å². The molecule has 4 aliphatic carbocycles. The van der Waals surface area contributed by atoms with Crippen LogP contribution < -0.4 is 0 Å². The molecule has 5 aliphatic rings. The molecule has 0 amide bonds. The number of hydrogen-bond donors (Lipinski definition) is 0. The molecule has 2 nitrogen and oxygen atoms in total. The maximum absolute atomic E-state index is 6.39. The molecule has 188 valence electrons. The van der Waals surface area contributed by atoms with Crippen molar-refractivity contribution in [3.8, 4) is 0 Å². The Morgan fingerprint density at radius 3 is 2.61 bits per heavy atom. The van der Waals surface area contributed by atoms with Crippen molar-refractivity contribution in [1.82, 2.24) is 0 Å². The highest BCUT2D eigenvalue weighted by molar-refractivity contribution is 5.25. The van der Waals surface area contributed by atoms with Crippen LogP contribution in [-0.4, -0.2) is 19.0 Å². The van der Waals surface area contributed by atoms with Gasteiger partial charge < -0.3 is 9.47 Å². The topological polar surface area (TPSA) is 18.5 Å². The van der Waals surface area contributed by atoms with Gasteiger partial charge in [0.15, 0.2) is 6.29 Å². The number of hydrogen-bond acceptors (Lipinski definition) is 2. The molecule has 5 rings (SSSR count). The zero-order valence-electron chi connectivity index (χ0n) is 22.4. The largest absolute Gasteiger partial charge is 0.353 e. The van der Waals surface area contributed by atoms with Gasteiger partial charge in [0.05, 0.1) is 6.10 Å². The van der Waals surface area contributed by atoms with E-state index >= 15 is 0 Å². The van der Waals surface area contributed by atoms with Gasteiger partial charge in [-0.3, -0.25) is 0 Å². The second kappa shape index (κ2) is 9.61. The van der Waals surface area contributed by atoms with E-state index in [1.54, 1.807) is 5.57 Å². The minimum absolute atomic E-state index is 0.0737. The third kappa shape index (κ3) is 4.50. The van der Waals surface area contributed by atoms with Gasteiger partial charge in [0, 0.05) is 13.0 Å². The molecular weight excluding hydrogens is 404 g/mol. The van der Waals surface area contributed by atoms with Crippen molar-refractivity contribution in [2.45, 2.75) is 130 Å². The number of rotatable bonds is 7. The summed E-state index contributed by atoms with van der Waals surface area (Å²) in [5.41, 5.74) is 2.78. The summed E-state index contributed by atoms with van der Waals surface area (Å²) in [7, 11) is 0. The van der Waals surface area contributed by atoms with Crippen LogP contribution >= 0.6 is 0 Å². The maximum Gasteiger partial charge on any atom is 0.158 e. The molecular formula is C31H52O2. The molecule has 0 aromatic rings. The lowest BCUT2D eigenvalue weighted by molar-refractivity contribution is -0.155. The Bertz CT molecular complexity index is 706. The van der Waals surface area contributed by atoms with Crippen molar-refractivity contribution < 1.29 is 9.47 Å². The highest BCUT2D eigenvalue weighted by Crippen LogP contribution is 2.67. The standard InChI is InChI=1S/C31H52O2/c1-21(2)8-6-9-22(3)26-13-14-27-25-12-11-23-20-24(33-29-10-7-19-32-29)15-17-30(23,4)28(25)16-18-31(26,27)5/h11,21-22,24-29H,6-10,12-20H2,1-5H3/t22-,24+,25+,26-,27+,28+,29?,30+,31-/m1/s1. The van der Waals surface area contributed by atoms with Crippen LogP contribution in [0, 0.1) is 46.3 Å². The van der Waals surface area contributed by atoms with Gasteiger partial charge in [0.25, 0.3) is 0 Å². The average Bonchev–Trinajstić information content (AvgIpc) is 3.40. The molecule has 0 bridgehead atoms. The van der Waals surface area contributed by atoms with E-state index in [1.807, 2.05) is 0 Å². The van der Waals surface area contributed by atoms with Crippen molar-refractivity contribution in [3.63, 3.8) is 0 Å². The molecule has 0 N–H and O–H groups in total. The quantitative estimate of drug-likeness (QED) is 0.357. The number of allylic oxidation sites excluding steroid dienone is 1. The van der Waals surface area contributed by atoms with Crippen LogP contribution in [0.2, 0.25) is 0 Å². The minimum Gasteiger partial charge on any atom is -0.353 e. The van der Waals surface area contributed by atoms with Crippen LogP contribution in [-0.2, 0) is 9.47 Å². The number of fused-ring (bicyclic) bond motifs is 5. The molecule has 4 fully saturated rings. The van der Waals surface area contributed by atoms with Crippen molar-refractivity contribution >= 4 is 0 Å². The van der Waals surface area contributed by atoms with Gasteiger partial charge in [-0.05, 0) is 104 Å². The van der Waals surface area contributed by atoms with Crippen LogP contribution in [0.4, 0.5) is 0 Å². The molecule has 0 aromatic heterocycles. The summed E-state index contributed by atoms with van der Waals surface area (Å²) >= 11 is 0. The highest BCUT2D eigenvalue weighted by atomic mass is 16.7. The molecule has 0 radical (unpaired) electrons. The van der Waals surface area contributed by atoms with Crippen molar-refractivity contribution in [1.29, 1.82) is 0 Å². The summed E-state index contributed by atoms with van der Waals surface area (Å²) in [5, 5.41) is 0. The summed E-state index contributed by atoms with van der Waals surface area (Å²) in [6.07, 6.45) is 20.7. The zero-order valence-corrected chi connectivity index (χ0v) is 22.4. The normalized spacial score (nSPS) is 45.9. The fraction of sp³-hybridized carbons (Fsp3) is 0.935. The summed E-state index contributed by atoms with van der Waals surface area (Å²) < 4.78 is 12.2. The Morgan fingerprint density at radius 1 is 1.00 bits per heavy atom. The molecule has 3 saturated carbocycles. The Kier molecular flexibility index (Phi) is 7.09. The SMILES string of the molecule is CC(C)CCC[C@@H](C)[C@H]1CC[C@H]2[C@@H]3CC=C4C[C@@H](OC5CCCO5)CC[C@]4(C)[C@H]3CC[C@]12C. The van der Waals surface area contributed by atoms with E-state index in [9.17, 15) is 0 Å². The predicted octanol–water partition coefficient (Wildman–Crippen LogP) is 8.55. The fourth-order valence-corrected chi connectivity index (χ4v) is 9.64. The first-order valence-corrected chi connectivity index (χ1v) is 14.8. The smallest absolute Gasteiger partial charge is 0.158 e. The first kappa shape index (κ1) is 24.4. The first-order chi connectivity index (χ1) is 15.8. The van der Waals surface area contributed by atoms with E-state index < -0.39 is 0 Å². The highest BCUT2D eigenvalue weighted by Gasteiger charge is 2.59. The summed E-state index contributed by atoms with van der Waals surface area (Å²) in [6.45, 7) is 13.6. The van der Waals surface area contributed by atoms with E-state index in [-0.39, 0.29) is 6.29 Å². The Hall–Kier alpha value is -0.340. The molecule has 1 saturated heterocycles. The van der Waals surface area contributed by atoms with Gasteiger partial charge in [-0.1, -0.05) is 65.5 Å². The lowest BCUT2D eigenvalue weighted by atomic mass is 9.47. The van der Waals surface area contributed by atoms with Gasteiger partial charge in [-0.15, -0.1) is 0 Å². The van der Waals surface area contributed by atoms with E-state index in [2.05, 4.69) is 40.7 Å². The van der Waals surface area contributed by atoms with Crippen LogP contribution in [0.25, 0.3) is 0 Å². The lowest BCUT2D eigenvalue weighted by Gasteiger charge is -2.58. The van der Waals surface area contributed by atoms with E-state index in [4.69, 9.17) is 9.47 Å². The molecule has 1 heterocycles. The predicted molar refractivity (Wildman–Crippen MR) is 137 cm³/mol. The molecule has 1 aliphatic heterocycles. The summed E-state index contributed by atoms with van der Waals surface area (Å²) in [5.74, 6) is 5.53. The van der Waals surface area contributed by atoms with E-state index in [0.717, 1.165) is 55.0 Å². The first-order valence-electron chi connectivity index (χ1n) is 14.8. The molecule has 0 spiro atoms. The second-order valence-electron chi connectivity index (χ2n) is 13.7. The van der Waals surface area contributed by atoms with Crippen LogP contribution in [0.5, 0.6) is 0 Å². The molecule has 0 aromatic carbocycles. The second-order valence-corrected chi connectivity index (χ2v) is 13.7. The van der Waals surface area contributed by atoms with Gasteiger partial charge in [-0.25, -0.2) is 0 Å². The minimum atomic E-state index is 0.0737. The maximum atomic E-state index is 6.39. The monoisotopic (exact) mass is 456 g/mol. The lowest BCUT2D eigenvalue weighted by Crippen LogP contribution is -2.51. The van der Waals surface area contributed by atoms with Crippen LogP contribution in [0.15, 0.2) is 11.6 Å². The zero-order chi connectivity index (χ0) is 23.2. The molecule has 33 heavy (non-hydrogen) atoms. The van der Waals surface area contributed by atoms with Gasteiger partial charge in [-0.2, -0.15) is 0 Å². The van der Waals surface area contributed by atoms with Crippen LogP contribution in [0.3, 0.4) is 0 Å². The molecule has 2 heteroatoms. The fourth-order valence-electron chi connectivity index (χ4n) is 9.64. The van der Waals surface area contributed by atoms with E-state index in [1.165, 1.54) is 70.6 Å². The van der Waals surface area contributed by atoms with Crippen molar-refractivity contribution in [2.24, 2.45) is 46.3 Å².